The number of aromatic nitrogens is 1. The third-order valence-electron chi connectivity index (χ3n) is 5.08. The molecule has 6 nitrogen and oxygen atoms in total. The normalized spacial score (nSPS) is 14.7. The maximum atomic E-state index is 12.8. The van der Waals surface area contributed by atoms with E-state index < -0.39 is 23.5 Å². The van der Waals surface area contributed by atoms with Gasteiger partial charge in [0.2, 0.25) is 0 Å². The number of carbonyl (C=O) groups excluding carboxylic acids is 1. The van der Waals surface area contributed by atoms with Crippen molar-refractivity contribution >= 4 is 11.9 Å². The average molecular weight is 368 g/mol. The molecule has 1 heterocycles. The smallest absolute Gasteiger partial charge is 0.305 e. The number of amides is 1. The molecule has 1 aromatic carbocycles. The minimum Gasteiger partial charge on any atom is -0.481 e. The van der Waals surface area contributed by atoms with Crippen LogP contribution in [0.1, 0.15) is 64.5 Å². The molecule has 1 aliphatic rings. The topological polar surface area (TPSA) is 99.3 Å². The van der Waals surface area contributed by atoms with Gasteiger partial charge in [-0.2, -0.15) is 0 Å². The van der Waals surface area contributed by atoms with Crippen molar-refractivity contribution in [2.24, 2.45) is 0 Å². The van der Waals surface area contributed by atoms with E-state index in [1.807, 2.05) is 19.1 Å². The number of rotatable bonds is 5. The number of benzene rings is 1. The number of pyridine rings is 1. The number of carboxylic acid groups (broad SMARTS) is 1. The SMILES string of the molecule is Cc1ccccc1C(CC(=O)O)NC(=O)c1cc2c([nH]c1=O)CCCCC2. The van der Waals surface area contributed by atoms with Crippen molar-refractivity contribution in [1.29, 1.82) is 0 Å². The first-order valence-corrected chi connectivity index (χ1v) is 9.29. The summed E-state index contributed by atoms with van der Waals surface area (Å²) in [5, 5.41) is 12.0. The van der Waals surface area contributed by atoms with Crippen molar-refractivity contribution in [3.05, 3.63) is 68.6 Å². The number of hydrogen-bond acceptors (Lipinski definition) is 3. The Kier molecular flexibility index (Phi) is 5.74. The quantitative estimate of drug-likeness (QED) is 0.707. The molecule has 142 valence electrons. The summed E-state index contributed by atoms with van der Waals surface area (Å²) in [6.45, 7) is 1.87. The summed E-state index contributed by atoms with van der Waals surface area (Å²) in [4.78, 5) is 39.3. The largest absolute Gasteiger partial charge is 0.481 e. The van der Waals surface area contributed by atoms with Crippen LogP contribution in [0.25, 0.3) is 0 Å². The predicted molar refractivity (Wildman–Crippen MR) is 102 cm³/mol. The van der Waals surface area contributed by atoms with Crippen molar-refractivity contribution in [3.8, 4) is 0 Å². The van der Waals surface area contributed by atoms with Crippen LogP contribution in [0.15, 0.2) is 35.1 Å². The van der Waals surface area contributed by atoms with Gasteiger partial charge in [-0.15, -0.1) is 0 Å². The van der Waals surface area contributed by atoms with E-state index in [-0.39, 0.29) is 12.0 Å². The summed E-state index contributed by atoms with van der Waals surface area (Å²) in [5.41, 5.74) is 3.16. The zero-order valence-electron chi connectivity index (χ0n) is 15.4. The number of H-pyrrole nitrogens is 1. The van der Waals surface area contributed by atoms with E-state index in [9.17, 15) is 19.5 Å². The van der Waals surface area contributed by atoms with Gasteiger partial charge in [0.1, 0.15) is 5.56 Å². The molecule has 0 saturated heterocycles. The molecule has 1 amide bonds. The lowest BCUT2D eigenvalue weighted by molar-refractivity contribution is -0.137. The number of aromatic amines is 1. The van der Waals surface area contributed by atoms with Crippen LogP contribution in [0, 0.1) is 6.92 Å². The monoisotopic (exact) mass is 368 g/mol. The second kappa shape index (κ2) is 8.20. The van der Waals surface area contributed by atoms with Gasteiger partial charge >= 0.3 is 5.97 Å². The van der Waals surface area contributed by atoms with Gasteiger partial charge in [0.15, 0.2) is 0 Å². The molecule has 3 rings (SSSR count). The third kappa shape index (κ3) is 4.45. The van der Waals surface area contributed by atoms with Crippen molar-refractivity contribution in [2.45, 2.75) is 51.5 Å². The molecule has 1 atom stereocenters. The number of fused-ring (bicyclic) bond motifs is 1. The summed E-state index contributed by atoms with van der Waals surface area (Å²) >= 11 is 0. The van der Waals surface area contributed by atoms with Crippen molar-refractivity contribution in [2.75, 3.05) is 0 Å². The first kappa shape index (κ1) is 18.9. The highest BCUT2D eigenvalue weighted by Crippen LogP contribution is 2.22. The van der Waals surface area contributed by atoms with Crippen LogP contribution in [0.5, 0.6) is 0 Å². The summed E-state index contributed by atoms with van der Waals surface area (Å²) < 4.78 is 0. The second-order valence-electron chi connectivity index (χ2n) is 7.06. The van der Waals surface area contributed by atoms with Crippen LogP contribution in [-0.4, -0.2) is 22.0 Å². The molecule has 2 aromatic rings. The lowest BCUT2D eigenvalue weighted by atomic mass is 9.98. The molecule has 3 N–H and O–H groups in total. The number of carbonyl (C=O) groups is 2. The fourth-order valence-electron chi connectivity index (χ4n) is 3.65. The molecular weight excluding hydrogens is 344 g/mol. The number of carboxylic acids is 1. The molecule has 6 heteroatoms. The minimum atomic E-state index is -1.01. The van der Waals surface area contributed by atoms with Gasteiger partial charge in [0.05, 0.1) is 12.5 Å². The molecule has 0 aliphatic heterocycles. The average Bonchev–Trinajstić information content (AvgIpc) is 2.85. The Morgan fingerprint density at radius 3 is 2.67 bits per heavy atom. The highest BCUT2D eigenvalue weighted by Gasteiger charge is 2.23. The lowest BCUT2D eigenvalue weighted by Gasteiger charge is -2.19. The van der Waals surface area contributed by atoms with E-state index >= 15 is 0 Å². The fourth-order valence-corrected chi connectivity index (χ4v) is 3.65. The number of nitrogens with one attached hydrogen (secondary N) is 2. The highest BCUT2D eigenvalue weighted by atomic mass is 16.4. The number of hydrogen-bond donors (Lipinski definition) is 3. The molecule has 0 bridgehead atoms. The minimum absolute atomic E-state index is 0.0413. The van der Waals surface area contributed by atoms with E-state index in [2.05, 4.69) is 10.3 Å². The van der Waals surface area contributed by atoms with Gasteiger partial charge in [-0.05, 0) is 55.4 Å². The van der Waals surface area contributed by atoms with E-state index in [4.69, 9.17) is 0 Å². The number of aryl methyl sites for hydroxylation is 3. The molecule has 1 aliphatic carbocycles. The molecule has 1 aromatic heterocycles. The summed E-state index contributed by atoms with van der Waals surface area (Å²) in [7, 11) is 0. The first-order valence-electron chi connectivity index (χ1n) is 9.29. The van der Waals surface area contributed by atoms with Crippen LogP contribution in [0.2, 0.25) is 0 Å². The zero-order valence-corrected chi connectivity index (χ0v) is 15.4. The summed E-state index contributed by atoms with van der Waals surface area (Å²) in [6.07, 6.45) is 4.57. The van der Waals surface area contributed by atoms with E-state index in [1.165, 1.54) is 0 Å². The number of aliphatic carboxylic acids is 1. The Labute approximate surface area is 157 Å². The van der Waals surface area contributed by atoms with Crippen LogP contribution in [0.3, 0.4) is 0 Å². The Hall–Kier alpha value is -2.89. The first-order chi connectivity index (χ1) is 13.0. The third-order valence-corrected chi connectivity index (χ3v) is 5.08. The maximum absolute atomic E-state index is 12.8. The van der Waals surface area contributed by atoms with Gasteiger partial charge in [-0.1, -0.05) is 30.7 Å². The Morgan fingerprint density at radius 1 is 1.19 bits per heavy atom. The van der Waals surface area contributed by atoms with E-state index in [0.717, 1.165) is 54.5 Å². The van der Waals surface area contributed by atoms with Crippen molar-refractivity contribution in [3.63, 3.8) is 0 Å². The van der Waals surface area contributed by atoms with Crippen LogP contribution in [-0.2, 0) is 17.6 Å². The maximum Gasteiger partial charge on any atom is 0.305 e. The molecule has 0 fully saturated rings. The molecule has 0 spiro atoms. The lowest BCUT2D eigenvalue weighted by Crippen LogP contribution is -2.34. The standard InChI is InChI=1S/C21H24N2O4/c1-13-7-5-6-9-15(13)18(12-19(24)25)23-21(27)16-11-14-8-3-2-4-10-17(14)22-20(16)26/h5-7,9,11,18H,2-4,8,10,12H2,1H3,(H,22,26)(H,23,27)(H,24,25). The Morgan fingerprint density at radius 2 is 1.93 bits per heavy atom. The van der Waals surface area contributed by atoms with Gasteiger partial charge in [0.25, 0.3) is 11.5 Å². The highest BCUT2D eigenvalue weighted by molar-refractivity contribution is 5.94. The Bertz CT molecular complexity index is 917. The summed E-state index contributed by atoms with van der Waals surface area (Å²) in [5.74, 6) is -1.56. The molecule has 1 unspecified atom stereocenters. The fraction of sp³-hybridized carbons (Fsp3) is 0.381. The van der Waals surface area contributed by atoms with Gasteiger partial charge < -0.3 is 15.4 Å². The second-order valence-corrected chi connectivity index (χ2v) is 7.06. The van der Waals surface area contributed by atoms with Crippen molar-refractivity contribution in [1.82, 2.24) is 10.3 Å². The van der Waals surface area contributed by atoms with Crippen LogP contribution in [0.4, 0.5) is 0 Å². The van der Waals surface area contributed by atoms with Crippen molar-refractivity contribution < 1.29 is 14.7 Å². The predicted octanol–water partition coefficient (Wildman–Crippen LogP) is 2.90. The molecule has 27 heavy (non-hydrogen) atoms. The summed E-state index contributed by atoms with van der Waals surface area (Å²) in [6, 6.07) is 8.30. The van der Waals surface area contributed by atoms with E-state index in [1.54, 1.807) is 18.2 Å². The molecular formula is C21H24N2O4. The van der Waals surface area contributed by atoms with Gasteiger partial charge in [0, 0.05) is 5.69 Å². The van der Waals surface area contributed by atoms with Gasteiger partial charge in [-0.25, -0.2) is 0 Å². The van der Waals surface area contributed by atoms with Gasteiger partial charge in [-0.3, -0.25) is 14.4 Å². The molecule has 0 radical (unpaired) electrons. The zero-order chi connectivity index (χ0) is 19.4. The van der Waals surface area contributed by atoms with E-state index in [0.29, 0.717) is 0 Å². The molecule has 0 saturated carbocycles. The van der Waals surface area contributed by atoms with Crippen LogP contribution < -0.4 is 10.9 Å². The Balaban J connectivity index is 1.90. The van der Waals surface area contributed by atoms with Crippen LogP contribution >= 0.6 is 0 Å².